The monoisotopic (exact) mass is 289 g/mol. The molecule has 1 heterocycles. The highest BCUT2D eigenvalue weighted by atomic mass is 16.5. The SMILES string of the molecule is CCCN1CCC[C@H]2c3ccc(OC)c(OC)c3CC[C@@H]21. The molecule has 1 aliphatic heterocycles. The second-order valence-electron chi connectivity index (χ2n) is 6.26. The predicted octanol–water partition coefficient (Wildman–Crippen LogP) is 3.61. The van der Waals surface area contributed by atoms with Crippen molar-refractivity contribution in [1.29, 1.82) is 0 Å². The van der Waals surface area contributed by atoms with E-state index in [1.54, 1.807) is 14.2 Å². The first-order valence-electron chi connectivity index (χ1n) is 8.28. The van der Waals surface area contributed by atoms with Crippen LogP contribution < -0.4 is 9.47 Å². The van der Waals surface area contributed by atoms with E-state index in [0.717, 1.165) is 24.0 Å². The van der Waals surface area contributed by atoms with Crippen molar-refractivity contribution in [3.05, 3.63) is 23.3 Å². The quantitative estimate of drug-likeness (QED) is 0.845. The van der Waals surface area contributed by atoms with Gasteiger partial charge in [-0.2, -0.15) is 0 Å². The molecule has 1 aromatic carbocycles. The van der Waals surface area contributed by atoms with E-state index in [1.165, 1.54) is 49.9 Å². The highest BCUT2D eigenvalue weighted by molar-refractivity contribution is 5.53. The average Bonchev–Trinajstić information content (AvgIpc) is 2.53. The molecule has 3 heteroatoms. The fraction of sp³-hybridized carbons (Fsp3) is 0.667. The first kappa shape index (κ1) is 14.7. The van der Waals surface area contributed by atoms with Gasteiger partial charge in [0.05, 0.1) is 14.2 Å². The van der Waals surface area contributed by atoms with Crippen molar-refractivity contribution in [2.24, 2.45) is 0 Å². The molecule has 0 radical (unpaired) electrons. The maximum absolute atomic E-state index is 5.65. The van der Waals surface area contributed by atoms with Crippen molar-refractivity contribution in [2.75, 3.05) is 27.3 Å². The summed E-state index contributed by atoms with van der Waals surface area (Å²) in [6.07, 6.45) is 6.24. The first-order chi connectivity index (χ1) is 10.3. The summed E-state index contributed by atoms with van der Waals surface area (Å²) in [6.45, 7) is 4.80. The lowest BCUT2D eigenvalue weighted by atomic mass is 9.74. The molecular formula is C18H27NO2. The Morgan fingerprint density at radius 2 is 2.05 bits per heavy atom. The Hall–Kier alpha value is -1.22. The van der Waals surface area contributed by atoms with Crippen molar-refractivity contribution < 1.29 is 9.47 Å². The fourth-order valence-electron chi connectivity index (χ4n) is 4.34. The second-order valence-corrected chi connectivity index (χ2v) is 6.26. The van der Waals surface area contributed by atoms with Crippen LogP contribution in [0.5, 0.6) is 11.5 Å². The third-order valence-corrected chi connectivity index (χ3v) is 5.18. The molecule has 1 aromatic rings. The molecule has 0 saturated carbocycles. The van der Waals surface area contributed by atoms with E-state index < -0.39 is 0 Å². The van der Waals surface area contributed by atoms with Crippen LogP contribution in [0.25, 0.3) is 0 Å². The summed E-state index contributed by atoms with van der Waals surface area (Å²) in [5.74, 6) is 2.51. The zero-order chi connectivity index (χ0) is 14.8. The highest BCUT2D eigenvalue weighted by Crippen LogP contribution is 2.46. The van der Waals surface area contributed by atoms with Crippen molar-refractivity contribution in [2.45, 2.75) is 51.0 Å². The molecule has 21 heavy (non-hydrogen) atoms. The molecule has 2 atom stereocenters. The summed E-state index contributed by atoms with van der Waals surface area (Å²) < 4.78 is 11.1. The summed E-state index contributed by atoms with van der Waals surface area (Å²) in [5, 5.41) is 0. The molecule has 1 fully saturated rings. The van der Waals surface area contributed by atoms with Gasteiger partial charge >= 0.3 is 0 Å². The summed E-state index contributed by atoms with van der Waals surface area (Å²) in [4.78, 5) is 2.72. The van der Waals surface area contributed by atoms with Crippen molar-refractivity contribution in [3.63, 3.8) is 0 Å². The normalized spacial score (nSPS) is 25.1. The topological polar surface area (TPSA) is 21.7 Å². The molecule has 0 spiro atoms. The average molecular weight is 289 g/mol. The smallest absolute Gasteiger partial charge is 0.164 e. The molecule has 3 rings (SSSR count). The van der Waals surface area contributed by atoms with Gasteiger partial charge in [-0.3, -0.25) is 4.90 Å². The van der Waals surface area contributed by atoms with Crippen molar-refractivity contribution in [3.8, 4) is 11.5 Å². The van der Waals surface area contributed by atoms with E-state index in [1.807, 2.05) is 0 Å². The van der Waals surface area contributed by atoms with Crippen LogP contribution in [0, 0.1) is 0 Å². The third kappa shape index (κ3) is 2.52. The van der Waals surface area contributed by atoms with Crippen molar-refractivity contribution >= 4 is 0 Å². The minimum atomic E-state index is 0.675. The number of nitrogens with zero attached hydrogens (tertiary/aromatic N) is 1. The van der Waals surface area contributed by atoms with Crippen LogP contribution in [0.15, 0.2) is 12.1 Å². The molecule has 1 saturated heterocycles. The first-order valence-corrected chi connectivity index (χ1v) is 8.28. The predicted molar refractivity (Wildman–Crippen MR) is 85.5 cm³/mol. The van der Waals surface area contributed by atoms with Crippen LogP contribution in [-0.4, -0.2) is 38.3 Å². The Bertz CT molecular complexity index is 498. The molecule has 0 N–H and O–H groups in total. The van der Waals surface area contributed by atoms with E-state index in [4.69, 9.17) is 9.47 Å². The van der Waals surface area contributed by atoms with Gasteiger partial charge < -0.3 is 9.47 Å². The van der Waals surface area contributed by atoms with Crippen LogP contribution in [0.1, 0.15) is 49.7 Å². The van der Waals surface area contributed by atoms with Crippen LogP contribution in [0.2, 0.25) is 0 Å². The number of rotatable bonds is 4. The van der Waals surface area contributed by atoms with Gasteiger partial charge in [0.15, 0.2) is 11.5 Å². The molecule has 0 amide bonds. The Kier molecular flexibility index (Phi) is 4.39. The van der Waals surface area contributed by atoms with Gasteiger partial charge in [-0.05, 0) is 62.7 Å². The highest BCUT2D eigenvalue weighted by Gasteiger charge is 2.37. The summed E-state index contributed by atoms with van der Waals surface area (Å²) >= 11 is 0. The van der Waals surface area contributed by atoms with Gasteiger partial charge in [0.1, 0.15) is 0 Å². The minimum Gasteiger partial charge on any atom is -0.493 e. The zero-order valence-corrected chi connectivity index (χ0v) is 13.5. The molecule has 1 aliphatic carbocycles. The molecule has 2 aliphatic rings. The van der Waals surface area contributed by atoms with Gasteiger partial charge in [0, 0.05) is 11.6 Å². The lowest BCUT2D eigenvalue weighted by Gasteiger charge is -2.45. The maximum atomic E-state index is 5.65. The van der Waals surface area contributed by atoms with E-state index in [9.17, 15) is 0 Å². The zero-order valence-electron chi connectivity index (χ0n) is 13.5. The van der Waals surface area contributed by atoms with Crippen LogP contribution in [-0.2, 0) is 6.42 Å². The van der Waals surface area contributed by atoms with Gasteiger partial charge in [-0.1, -0.05) is 13.0 Å². The van der Waals surface area contributed by atoms with Crippen LogP contribution in [0.3, 0.4) is 0 Å². The van der Waals surface area contributed by atoms with Crippen LogP contribution >= 0.6 is 0 Å². The number of hydrogen-bond donors (Lipinski definition) is 0. The summed E-state index contributed by atoms with van der Waals surface area (Å²) in [7, 11) is 3.48. The largest absolute Gasteiger partial charge is 0.493 e. The number of ether oxygens (including phenoxy) is 2. The van der Waals surface area contributed by atoms with Gasteiger partial charge in [0.2, 0.25) is 0 Å². The standard InChI is InChI=1S/C18H27NO2/c1-4-11-19-12-5-6-14-13-8-10-17(20-2)18(21-3)15(13)7-9-16(14)19/h8,10,14,16H,4-7,9,11-12H2,1-3H3/t14-,16-/m0/s1. The summed E-state index contributed by atoms with van der Waals surface area (Å²) in [5.41, 5.74) is 2.89. The number of methoxy groups -OCH3 is 2. The number of likely N-dealkylation sites (tertiary alicyclic amines) is 1. The lowest BCUT2D eigenvalue weighted by Crippen LogP contribution is -2.46. The fourth-order valence-corrected chi connectivity index (χ4v) is 4.34. The maximum Gasteiger partial charge on any atom is 0.164 e. The lowest BCUT2D eigenvalue weighted by molar-refractivity contribution is 0.112. The Labute approximate surface area is 128 Å². The number of fused-ring (bicyclic) bond motifs is 3. The number of piperidine rings is 1. The van der Waals surface area contributed by atoms with Gasteiger partial charge in [0.25, 0.3) is 0 Å². The van der Waals surface area contributed by atoms with E-state index in [-0.39, 0.29) is 0 Å². The Morgan fingerprint density at radius 3 is 2.76 bits per heavy atom. The molecule has 0 aromatic heterocycles. The Balaban J connectivity index is 1.96. The number of hydrogen-bond acceptors (Lipinski definition) is 3. The minimum absolute atomic E-state index is 0.675. The second kappa shape index (κ2) is 6.27. The molecule has 116 valence electrons. The van der Waals surface area contributed by atoms with E-state index >= 15 is 0 Å². The molecular weight excluding hydrogens is 262 g/mol. The van der Waals surface area contributed by atoms with Crippen LogP contribution in [0.4, 0.5) is 0 Å². The Morgan fingerprint density at radius 1 is 1.19 bits per heavy atom. The van der Waals surface area contributed by atoms with Gasteiger partial charge in [-0.15, -0.1) is 0 Å². The third-order valence-electron chi connectivity index (χ3n) is 5.18. The van der Waals surface area contributed by atoms with Gasteiger partial charge in [-0.25, -0.2) is 0 Å². The summed E-state index contributed by atoms with van der Waals surface area (Å²) in [6, 6.07) is 5.09. The molecule has 3 nitrogen and oxygen atoms in total. The molecule has 0 unspecified atom stereocenters. The van der Waals surface area contributed by atoms with E-state index in [0.29, 0.717) is 5.92 Å². The number of benzene rings is 1. The van der Waals surface area contributed by atoms with E-state index in [2.05, 4.69) is 24.0 Å². The van der Waals surface area contributed by atoms with Crippen molar-refractivity contribution in [1.82, 2.24) is 4.90 Å². The molecule has 0 bridgehead atoms.